The Labute approximate surface area is 166 Å². The number of aliphatic hydroxyl groups excluding tert-OH is 1. The molecular formula is C23H28N2O3. The zero-order valence-electron chi connectivity index (χ0n) is 16.4. The lowest BCUT2D eigenvalue weighted by atomic mass is 9.95. The van der Waals surface area contributed by atoms with E-state index in [1.54, 1.807) is 4.90 Å². The van der Waals surface area contributed by atoms with Gasteiger partial charge in [0.25, 0.3) is 0 Å². The van der Waals surface area contributed by atoms with Crippen molar-refractivity contribution in [3.63, 3.8) is 0 Å². The molecule has 1 unspecified atom stereocenters. The molecule has 1 aliphatic rings. The molecule has 148 valence electrons. The van der Waals surface area contributed by atoms with Crippen molar-refractivity contribution >= 4 is 11.8 Å². The molecule has 2 aromatic rings. The first-order valence-corrected chi connectivity index (χ1v) is 9.94. The summed E-state index contributed by atoms with van der Waals surface area (Å²) >= 11 is 0. The predicted octanol–water partition coefficient (Wildman–Crippen LogP) is 2.59. The Morgan fingerprint density at radius 1 is 1.04 bits per heavy atom. The van der Waals surface area contributed by atoms with Crippen LogP contribution >= 0.6 is 0 Å². The van der Waals surface area contributed by atoms with Crippen LogP contribution in [0.2, 0.25) is 0 Å². The highest BCUT2D eigenvalue weighted by Gasteiger charge is 2.31. The van der Waals surface area contributed by atoms with Crippen LogP contribution in [0.1, 0.15) is 18.9 Å². The molecule has 1 fully saturated rings. The Morgan fingerprint density at radius 2 is 1.71 bits per heavy atom. The van der Waals surface area contributed by atoms with Crippen LogP contribution in [-0.4, -0.2) is 59.5 Å². The average molecular weight is 380 g/mol. The number of aliphatic hydroxyl groups is 1. The lowest BCUT2D eigenvalue weighted by Gasteiger charge is -2.23. The van der Waals surface area contributed by atoms with Crippen molar-refractivity contribution in [2.45, 2.75) is 19.8 Å². The number of benzene rings is 2. The number of carbonyl (C=O) groups is 2. The van der Waals surface area contributed by atoms with E-state index < -0.39 is 6.61 Å². The molecular weight excluding hydrogens is 352 g/mol. The summed E-state index contributed by atoms with van der Waals surface area (Å²) in [5, 5.41) is 9.24. The molecule has 2 aromatic carbocycles. The molecule has 2 amide bonds. The topological polar surface area (TPSA) is 60.9 Å². The summed E-state index contributed by atoms with van der Waals surface area (Å²) in [6.45, 7) is 3.60. The van der Waals surface area contributed by atoms with Gasteiger partial charge in [-0.15, -0.1) is 0 Å². The zero-order valence-corrected chi connectivity index (χ0v) is 16.4. The van der Waals surface area contributed by atoms with Crippen molar-refractivity contribution in [3.05, 3.63) is 60.2 Å². The fourth-order valence-electron chi connectivity index (χ4n) is 3.76. The number of rotatable bonds is 6. The number of amides is 2. The van der Waals surface area contributed by atoms with E-state index in [9.17, 15) is 14.7 Å². The molecule has 0 saturated carbocycles. The predicted molar refractivity (Wildman–Crippen MR) is 110 cm³/mol. The van der Waals surface area contributed by atoms with E-state index in [-0.39, 0.29) is 17.7 Å². The summed E-state index contributed by atoms with van der Waals surface area (Å²) < 4.78 is 0. The fourth-order valence-corrected chi connectivity index (χ4v) is 3.76. The third kappa shape index (κ3) is 4.78. The summed E-state index contributed by atoms with van der Waals surface area (Å²) in [7, 11) is 0. The molecule has 0 aliphatic carbocycles. The molecule has 1 saturated heterocycles. The molecule has 28 heavy (non-hydrogen) atoms. The maximum atomic E-state index is 13.0. The van der Waals surface area contributed by atoms with Gasteiger partial charge in [0.05, 0.1) is 5.92 Å². The van der Waals surface area contributed by atoms with Gasteiger partial charge in [-0.05, 0) is 29.5 Å². The second-order valence-electron chi connectivity index (χ2n) is 7.29. The highest BCUT2D eigenvalue weighted by molar-refractivity contribution is 5.82. The highest BCUT2D eigenvalue weighted by Crippen LogP contribution is 2.22. The Bertz CT molecular complexity index is 789. The number of hydrogen-bond acceptors (Lipinski definition) is 3. The van der Waals surface area contributed by atoms with Crippen LogP contribution in [0.3, 0.4) is 0 Å². The molecule has 0 radical (unpaired) electrons. The Kier molecular flexibility index (Phi) is 6.82. The minimum Gasteiger partial charge on any atom is -0.387 e. The van der Waals surface area contributed by atoms with E-state index >= 15 is 0 Å². The first kappa shape index (κ1) is 20.1. The Hall–Kier alpha value is -2.66. The quantitative estimate of drug-likeness (QED) is 0.838. The smallest absolute Gasteiger partial charge is 0.248 e. The van der Waals surface area contributed by atoms with Crippen molar-refractivity contribution in [2.75, 3.05) is 32.8 Å². The van der Waals surface area contributed by atoms with Crippen LogP contribution in [0.15, 0.2) is 54.6 Å². The number of nitrogens with zero attached hydrogens (tertiary/aromatic N) is 2. The molecule has 1 aliphatic heterocycles. The van der Waals surface area contributed by atoms with Gasteiger partial charge in [-0.25, -0.2) is 0 Å². The van der Waals surface area contributed by atoms with Crippen LogP contribution in [0.25, 0.3) is 11.1 Å². The molecule has 0 spiro atoms. The molecule has 1 heterocycles. The first-order chi connectivity index (χ1) is 13.6. The van der Waals surface area contributed by atoms with E-state index in [1.165, 1.54) is 0 Å². The molecule has 5 nitrogen and oxygen atoms in total. The largest absolute Gasteiger partial charge is 0.387 e. The second-order valence-corrected chi connectivity index (χ2v) is 7.29. The third-order valence-electron chi connectivity index (χ3n) is 5.27. The van der Waals surface area contributed by atoms with Crippen molar-refractivity contribution in [2.24, 2.45) is 5.92 Å². The van der Waals surface area contributed by atoms with E-state index in [0.717, 1.165) is 23.1 Å². The summed E-state index contributed by atoms with van der Waals surface area (Å²) in [5.74, 6) is -0.495. The monoisotopic (exact) mass is 380 g/mol. The molecule has 3 rings (SSSR count). The highest BCUT2D eigenvalue weighted by atomic mass is 16.3. The van der Waals surface area contributed by atoms with Gasteiger partial charge in [-0.2, -0.15) is 0 Å². The van der Waals surface area contributed by atoms with Crippen molar-refractivity contribution in [3.8, 4) is 11.1 Å². The Morgan fingerprint density at radius 3 is 2.36 bits per heavy atom. The summed E-state index contributed by atoms with van der Waals surface area (Å²) in [5.41, 5.74) is 3.38. The second kappa shape index (κ2) is 9.51. The number of hydrogen-bond donors (Lipinski definition) is 1. The van der Waals surface area contributed by atoms with Crippen LogP contribution < -0.4 is 0 Å². The maximum Gasteiger partial charge on any atom is 0.248 e. The normalized spacial score (nSPS) is 17.5. The zero-order chi connectivity index (χ0) is 19.9. The van der Waals surface area contributed by atoms with Crippen molar-refractivity contribution in [1.82, 2.24) is 9.80 Å². The lowest BCUT2D eigenvalue weighted by molar-refractivity contribution is -0.135. The van der Waals surface area contributed by atoms with Gasteiger partial charge in [0.15, 0.2) is 0 Å². The molecule has 1 atom stereocenters. The van der Waals surface area contributed by atoms with Crippen LogP contribution in [-0.2, 0) is 16.0 Å². The van der Waals surface area contributed by atoms with Gasteiger partial charge >= 0.3 is 0 Å². The molecule has 0 aromatic heterocycles. The van der Waals surface area contributed by atoms with E-state index in [4.69, 9.17) is 0 Å². The van der Waals surface area contributed by atoms with Crippen molar-refractivity contribution < 1.29 is 14.7 Å². The molecule has 0 bridgehead atoms. The maximum absolute atomic E-state index is 13.0. The van der Waals surface area contributed by atoms with Crippen LogP contribution in [0.4, 0.5) is 0 Å². The fraction of sp³-hybridized carbons (Fsp3) is 0.391. The van der Waals surface area contributed by atoms with Gasteiger partial charge in [0.2, 0.25) is 11.8 Å². The van der Waals surface area contributed by atoms with Gasteiger partial charge in [-0.1, -0.05) is 61.5 Å². The van der Waals surface area contributed by atoms with Crippen LogP contribution in [0.5, 0.6) is 0 Å². The van der Waals surface area contributed by atoms with Crippen molar-refractivity contribution in [1.29, 1.82) is 0 Å². The van der Waals surface area contributed by atoms with E-state index in [0.29, 0.717) is 32.6 Å². The van der Waals surface area contributed by atoms with Gasteiger partial charge in [0, 0.05) is 26.2 Å². The minimum absolute atomic E-state index is 0.0993. The average Bonchev–Trinajstić information content (AvgIpc) is 2.89. The Balaban J connectivity index is 1.77. The molecule has 1 N–H and O–H groups in total. The SMILES string of the molecule is CCCN1CCN(C(=O)CO)CC(Cc2ccc(-c3ccccc3)cc2)C1=O. The van der Waals surface area contributed by atoms with Gasteiger partial charge in [0.1, 0.15) is 6.61 Å². The lowest BCUT2D eigenvalue weighted by Crippen LogP contribution is -2.39. The first-order valence-electron chi connectivity index (χ1n) is 9.94. The standard InChI is InChI=1S/C23H28N2O3/c1-2-12-24-13-14-25(22(27)17-26)16-21(23(24)28)15-18-8-10-20(11-9-18)19-6-4-3-5-7-19/h3-11,21,26H,2,12-17H2,1H3. The molecule has 5 heteroatoms. The van der Waals surface area contributed by atoms with Gasteiger partial charge < -0.3 is 14.9 Å². The van der Waals surface area contributed by atoms with Gasteiger partial charge in [-0.3, -0.25) is 9.59 Å². The van der Waals surface area contributed by atoms with Crippen LogP contribution in [0, 0.1) is 5.92 Å². The van der Waals surface area contributed by atoms with E-state index in [2.05, 4.69) is 36.4 Å². The summed E-state index contributed by atoms with van der Waals surface area (Å²) in [4.78, 5) is 28.5. The minimum atomic E-state index is -0.513. The third-order valence-corrected chi connectivity index (χ3v) is 5.27. The van der Waals surface area contributed by atoms with E-state index in [1.807, 2.05) is 30.0 Å². The number of carbonyl (C=O) groups excluding carboxylic acids is 2. The summed E-state index contributed by atoms with van der Waals surface area (Å²) in [6, 6.07) is 18.4. The summed E-state index contributed by atoms with van der Waals surface area (Å²) in [6.07, 6.45) is 1.47.